The van der Waals surface area contributed by atoms with Crippen molar-refractivity contribution in [2.24, 2.45) is 10.8 Å². The first-order valence-corrected chi connectivity index (χ1v) is 22.3. The Morgan fingerprint density at radius 1 is 0.556 bits per heavy atom. The number of esters is 2. The van der Waals surface area contributed by atoms with Crippen LogP contribution >= 0.6 is 0 Å². The predicted molar refractivity (Wildman–Crippen MR) is 223 cm³/mol. The van der Waals surface area contributed by atoms with Crippen molar-refractivity contribution in [3.8, 4) is 0 Å². The maximum Gasteiger partial charge on any atom is 0.307 e. The Hall–Kier alpha value is -1.26. The summed E-state index contributed by atoms with van der Waals surface area (Å²) in [5.41, 5.74) is 0.418. The first-order valence-electron chi connectivity index (χ1n) is 22.3. The molecule has 0 unspecified atom stereocenters. The molecular weight excluding hydrogens is 682 g/mol. The summed E-state index contributed by atoms with van der Waals surface area (Å²) < 4.78 is 28.3. The number of unbranched alkanes of at least 4 members (excludes halogenated alkanes) is 14. The van der Waals surface area contributed by atoms with Crippen molar-refractivity contribution in [3.63, 3.8) is 0 Å². The molecule has 0 saturated heterocycles. The quantitative estimate of drug-likeness (QED) is 0.0482. The molecule has 9 nitrogen and oxygen atoms in total. The minimum atomic E-state index is -0.252. The van der Waals surface area contributed by atoms with Crippen molar-refractivity contribution >= 4 is 11.9 Å². The van der Waals surface area contributed by atoms with Gasteiger partial charge in [-0.2, -0.15) is 0 Å². The Morgan fingerprint density at radius 3 is 1.61 bits per heavy atom. The van der Waals surface area contributed by atoms with Crippen molar-refractivity contribution in [3.05, 3.63) is 0 Å². The molecule has 0 heterocycles. The first kappa shape index (κ1) is 52.7. The second kappa shape index (κ2) is 36.1. The molecule has 0 aliphatic heterocycles. The van der Waals surface area contributed by atoms with Crippen LogP contribution in [0.5, 0.6) is 0 Å². The van der Waals surface area contributed by atoms with Crippen LogP contribution < -0.4 is 0 Å². The number of aliphatic hydroxyl groups excluding tert-OH is 1. The van der Waals surface area contributed by atoms with Gasteiger partial charge in [0.15, 0.2) is 0 Å². The van der Waals surface area contributed by atoms with Crippen LogP contribution in [0.2, 0.25) is 0 Å². The Balaban J connectivity index is 4.01. The maximum absolute atomic E-state index is 12.7. The number of carbonyl (C=O) groups is 2. The molecule has 0 bridgehead atoms. The van der Waals surface area contributed by atoms with E-state index in [-0.39, 0.29) is 48.5 Å². The van der Waals surface area contributed by atoms with Gasteiger partial charge in [-0.05, 0) is 62.3 Å². The summed E-state index contributed by atoms with van der Waals surface area (Å²) in [5.74, 6) is -0.279. The van der Waals surface area contributed by atoms with Crippen molar-refractivity contribution in [2.45, 2.75) is 196 Å². The number of nitrogens with zero attached hydrogens (tertiary/aromatic N) is 1. The standard InChI is InChI=1S/C45H89NO8/c1-8-10-12-14-17-21-25-41(26-22-18-15-13-11-9-2)54-43(49)27-23-19-16-20-24-29-46(31-32-47)30-28-42(48)53-38-37-51-34-33-50-35-36-52-40-45(6,7)39-44(3,4)5/h41,47H,8-40H2,1-7H3. The van der Waals surface area contributed by atoms with Gasteiger partial charge in [0.05, 0.1) is 52.7 Å². The molecule has 0 aromatic heterocycles. The zero-order valence-corrected chi connectivity index (χ0v) is 36.7. The second-order valence-electron chi connectivity index (χ2n) is 17.5. The maximum atomic E-state index is 12.7. The minimum absolute atomic E-state index is 0.0263. The molecule has 0 aromatic rings. The molecule has 0 saturated carbocycles. The van der Waals surface area contributed by atoms with E-state index < -0.39 is 0 Å². The van der Waals surface area contributed by atoms with Crippen molar-refractivity contribution < 1.29 is 38.4 Å². The van der Waals surface area contributed by atoms with Crippen LogP contribution in [0.1, 0.15) is 190 Å². The molecule has 54 heavy (non-hydrogen) atoms. The lowest BCUT2D eigenvalue weighted by Crippen LogP contribution is -2.31. The fraction of sp³-hybridized carbons (Fsp3) is 0.956. The molecule has 0 amide bonds. The molecule has 0 aromatic carbocycles. The van der Waals surface area contributed by atoms with E-state index in [1.165, 1.54) is 64.2 Å². The normalized spacial score (nSPS) is 12.3. The van der Waals surface area contributed by atoms with Crippen molar-refractivity contribution in [1.29, 1.82) is 0 Å². The average Bonchev–Trinajstić information content (AvgIpc) is 3.10. The lowest BCUT2D eigenvalue weighted by molar-refractivity contribution is -0.150. The van der Waals surface area contributed by atoms with Gasteiger partial charge in [-0.25, -0.2) is 0 Å². The van der Waals surface area contributed by atoms with Gasteiger partial charge in [-0.3, -0.25) is 9.59 Å². The van der Waals surface area contributed by atoms with E-state index in [4.69, 9.17) is 23.7 Å². The number of hydrogen-bond acceptors (Lipinski definition) is 9. The van der Waals surface area contributed by atoms with Gasteiger partial charge in [0.25, 0.3) is 0 Å². The highest BCUT2D eigenvalue weighted by atomic mass is 16.6. The Bertz CT molecular complexity index is 830. The third-order valence-electron chi connectivity index (χ3n) is 9.70. The number of rotatable bonds is 40. The van der Waals surface area contributed by atoms with Crippen LogP contribution in [-0.4, -0.2) is 101 Å². The van der Waals surface area contributed by atoms with E-state index >= 15 is 0 Å². The molecule has 0 atom stereocenters. The molecule has 0 aliphatic rings. The summed E-state index contributed by atoms with van der Waals surface area (Å²) in [6.45, 7) is 21.0. The van der Waals surface area contributed by atoms with E-state index in [2.05, 4.69) is 53.4 Å². The zero-order valence-electron chi connectivity index (χ0n) is 36.7. The lowest BCUT2D eigenvalue weighted by atomic mass is 9.77. The summed E-state index contributed by atoms with van der Waals surface area (Å²) >= 11 is 0. The Morgan fingerprint density at radius 2 is 1.06 bits per heavy atom. The van der Waals surface area contributed by atoms with Crippen molar-refractivity contribution in [2.75, 3.05) is 72.5 Å². The number of aliphatic hydroxyl groups is 1. The lowest BCUT2D eigenvalue weighted by Gasteiger charge is -2.32. The average molecular weight is 772 g/mol. The van der Waals surface area contributed by atoms with Gasteiger partial charge in [0.1, 0.15) is 12.7 Å². The van der Waals surface area contributed by atoms with E-state index in [0.717, 1.165) is 70.8 Å². The number of hydrogen-bond donors (Lipinski definition) is 1. The highest BCUT2D eigenvalue weighted by molar-refractivity contribution is 5.69. The number of ether oxygens (including phenoxy) is 5. The van der Waals surface area contributed by atoms with Gasteiger partial charge < -0.3 is 33.7 Å². The van der Waals surface area contributed by atoms with Gasteiger partial charge in [0.2, 0.25) is 0 Å². The number of carbonyl (C=O) groups excluding carboxylic acids is 2. The van der Waals surface area contributed by atoms with E-state index in [1.807, 2.05) is 0 Å². The summed E-state index contributed by atoms with van der Waals surface area (Å²) in [6, 6.07) is 0. The molecule has 0 radical (unpaired) electrons. The monoisotopic (exact) mass is 772 g/mol. The molecule has 322 valence electrons. The highest BCUT2D eigenvalue weighted by Gasteiger charge is 2.25. The molecular formula is C45H89NO8. The highest BCUT2D eigenvalue weighted by Crippen LogP contribution is 2.33. The van der Waals surface area contributed by atoms with Gasteiger partial charge >= 0.3 is 11.9 Å². The summed E-state index contributed by atoms with van der Waals surface area (Å²) in [4.78, 5) is 27.1. The van der Waals surface area contributed by atoms with Crippen LogP contribution in [-0.2, 0) is 33.3 Å². The Kier molecular flexibility index (Phi) is 35.3. The van der Waals surface area contributed by atoms with Gasteiger partial charge in [0, 0.05) is 19.5 Å². The Labute approximate surface area is 333 Å². The molecule has 0 aliphatic carbocycles. The predicted octanol–water partition coefficient (Wildman–Crippen LogP) is 10.5. The smallest absolute Gasteiger partial charge is 0.307 e. The molecule has 0 fully saturated rings. The van der Waals surface area contributed by atoms with Crippen molar-refractivity contribution in [1.82, 2.24) is 4.90 Å². The van der Waals surface area contributed by atoms with Crippen LogP contribution in [0.3, 0.4) is 0 Å². The molecule has 0 rings (SSSR count). The topological polar surface area (TPSA) is 104 Å². The third kappa shape index (κ3) is 37.7. The molecule has 9 heteroatoms. The minimum Gasteiger partial charge on any atom is -0.463 e. The van der Waals surface area contributed by atoms with Crippen LogP contribution in [0.4, 0.5) is 0 Å². The van der Waals surface area contributed by atoms with E-state index in [9.17, 15) is 14.7 Å². The second-order valence-corrected chi connectivity index (χ2v) is 17.5. The van der Waals surface area contributed by atoms with Crippen LogP contribution in [0, 0.1) is 10.8 Å². The van der Waals surface area contributed by atoms with E-state index in [0.29, 0.717) is 59.2 Å². The summed E-state index contributed by atoms with van der Waals surface area (Å²) in [7, 11) is 0. The SMILES string of the molecule is CCCCCCCCC(CCCCCCCC)OC(=O)CCCCCCCN(CCO)CCC(=O)OCCOCCOCCOCC(C)(C)CC(C)(C)C. The summed E-state index contributed by atoms with van der Waals surface area (Å²) in [6.07, 6.45) is 24.2. The third-order valence-corrected chi connectivity index (χ3v) is 9.70. The summed E-state index contributed by atoms with van der Waals surface area (Å²) in [5, 5.41) is 9.51. The largest absolute Gasteiger partial charge is 0.463 e. The first-order chi connectivity index (χ1) is 25.9. The zero-order chi connectivity index (χ0) is 40.2. The fourth-order valence-electron chi connectivity index (χ4n) is 7.23. The van der Waals surface area contributed by atoms with Gasteiger partial charge in [-0.1, -0.05) is 132 Å². The molecule has 1 N–H and O–H groups in total. The molecule has 0 spiro atoms. The fourth-order valence-corrected chi connectivity index (χ4v) is 7.23. The van der Waals surface area contributed by atoms with E-state index in [1.54, 1.807) is 0 Å². The van der Waals surface area contributed by atoms with Crippen LogP contribution in [0.25, 0.3) is 0 Å². The van der Waals surface area contributed by atoms with Crippen LogP contribution in [0.15, 0.2) is 0 Å². The van der Waals surface area contributed by atoms with Gasteiger partial charge in [-0.15, -0.1) is 0 Å².